The Bertz CT molecular complexity index is 3390. The quantitative estimate of drug-likeness (QED) is 0.169. The lowest BCUT2D eigenvalue weighted by Crippen LogP contribution is -2.18. The van der Waals surface area contributed by atoms with Gasteiger partial charge in [0.2, 0.25) is 0 Å². The highest BCUT2D eigenvalue weighted by molar-refractivity contribution is 6.36. The van der Waals surface area contributed by atoms with Gasteiger partial charge in [0, 0.05) is 38.1 Å². The zero-order valence-corrected chi connectivity index (χ0v) is 29.9. The summed E-state index contributed by atoms with van der Waals surface area (Å²) in [5.74, 6) is 0.845. The minimum Gasteiger partial charge on any atom is -0.291 e. The molecule has 54 heavy (non-hydrogen) atoms. The van der Waals surface area contributed by atoms with Crippen LogP contribution in [0.2, 0.25) is 0 Å². The van der Waals surface area contributed by atoms with E-state index in [0.717, 1.165) is 45.1 Å². The normalized spacial score (nSPS) is 13.5. The van der Waals surface area contributed by atoms with Crippen LogP contribution in [0.3, 0.4) is 0 Å². The van der Waals surface area contributed by atoms with Crippen LogP contribution in [0.5, 0.6) is 0 Å². The van der Waals surface area contributed by atoms with Gasteiger partial charge in [-0.05, 0) is 60.8 Å². The van der Waals surface area contributed by atoms with Gasteiger partial charge >= 0.3 is 0 Å². The van der Waals surface area contributed by atoms with E-state index in [0.29, 0.717) is 0 Å². The van der Waals surface area contributed by atoms with Crippen LogP contribution in [0.1, 0.15) is 25.1 Å². The Labute approximate surface area is 311 Å². The van der Waals surface area contributed by atoms with Crippen molar-refractivity contribution in [2.75, 3.05) is 0 Å². The molecule has 0 N–H and O–H groups in total. The number of hydrogen-bond donors (Lipinski definition) is 0. The zero-order valence-electron chi connectivity index (χ0n) is 29.9. The second-order valence-electron chi connectivity index (χ2n) is 15.3. The van der Waals surface area contributed by atoms with Crippen molar-refractivity contribution in [1.29, 1.82) is 0 Å². The second-order valence-corrected chi connectivity index (χ2v) is 15.3. The molecule has 0 bridgehead atoms. The lowest BCUT2D eigenvalue weighted by Gasteiger charge is -2.22. The summed E-state index contributed by atoms with van der Waals surface area (Å²) in [7, 11) is 0. The molecular weight excluding hydrogens is 655 g/mol. The molecule has 9 aromatic carbocycles. The summed E-state index contributed by atoms with van der Waals surface area (Å²) in [6.45, 7) is 4.57. The Morgan fingerprint density at radius 2 is 1.04 bits per heavy atom. The molecule has 1 aliphatic carbocycles. The smallest absolute Gasteiger partial charge is 0.165 e. The average molecular weight is 688 g/mol. The van der Waals surface area contributed by atoms with Crippen LogP contribution in [-0.4, -0.2) is 14.5 Å². The molecule has 1 aliphatic rings. The molecule has 2 heterocycles. The first-order chi connectivity index (χ1) is 26.6. The van der Waals surface area contributed by atoms with E-state index in [9.17, 15) is 0 Å². The molecule has 3 heteroatoms. The van der Waals surface area contributed by atoms with Crippen molar-refractivity contribution in [3.8, 4) is 28.3 Å². The van der Waals surface area contributed by atoms with Gasteiger partial charge < -0.3 is 0 Å². The minimum atomic E-state index is -0.299. The molecule has 0 atom stereocenters. The molecule has 0 unspecified atom stereocenters. The van der Waals surface area contributed by atoms with E-state index in [1.54, 1.807) is 0 Å². The first-order valence-electron chi connectivity index (χ1n) is 18.8. The van der Waals surface area contributed by atoms with Gasteiger partial charge in [-0.1, -0.05) is 166 Å². The van der Waals surface area contributed by atoms with Crippen molar-refractivity contribution in [1.82, 2.24) is 14.5 Å². The first-order valence-corrected chi connectivity index (χ1v) is 18.8. The molecular formula is C51H33N3. The molecule has 0 fully saturated rings. The third kappa shape index (κ3) is 3.85. The predicted octanol–water partition coefficient (Wildman–Crippen LogP) is 13.3. The van der Waals surface area contributed by atoms with E-state index in [4.69, 9.17) is 9.97 Å². The summed E-state index contributed by atoms with van der Waals surface area (Å²) in [6, 6.07) is 59.8. The number of aromatic nitrogens is 3. The van der Waals surface area contributed by atoms with Gasteiger partial charge in [0.05, 0.1) is 22.4 Å². The number of benzene rings is 9. The Morgan fingerprint density at radius 1 is 0.444 bits per heavy atom. The molecule has 0 aliphatic heterocycles. The highest BCUT2D eigenvalue weighted by Gasteiger charge is 2.39. The predicted molar refractivity (Wildman–Crippen MR) is 227 cm³/mol. The maximum atomic E-state index is 5.79. The molecule has 2 aromatic heterocycles. The monoisotopic (exact) mass is 687 g/mol. The summed E-state index contributed by atoms with van der Waals surface area (Å²) in [5, 5.41) is 14.8. The Morgan fingerprint density at radius 3 is 1.83 bits per heavy atom. The van der Waals surface area contributed by atoms with Gasteiger partial charge in [0.25, 0.3) is 0 Å². The molecule has 0 spiro atoms. The van der Waals surface area contributed by atoms with Crippen LogP contribution in [0, 0.1) is 0 Å². The van der Waals surface area contributed by atoms with Crippen LogP contribution in [0.15, 0.2) is 164 Å². The van der Waals surface area contributed by atoms with Crippen LogP contribution < -0.4 is 0 Å². The van der Waals surface area contributed by atoms with E-state index in [1.807, 2.05) is 0 Å². The maximum absolute atomic E-state index is 5.79. The van der Waals surface area contributed by atoms with E-state index >= 15 is 0 Å². The fourth-order valence-electron chi connectivity index (χ4n) is 9.58. The molecule has 0 saturated carbocycles. The summed E-state index contributed by atoms with van der Waals surface area (Å²) in [6.07, 6.45) is 0. The van der Waals surface area contributed by atoms with Gasteiger partial charge in [-0.15, -0.1) is 0 Å². The van der Waals surface area contributed by atoms with Gasteiger partial charge in [0.1, 0.15) is 5.69 Å². The van der Waals surface area contributed by atoms with Gasteiger partial charge in [-0.3, -0.25) is 4.57 Å². The van der Waals surface area contributed by atoms with E-state index in [-0.39, 0.29) is 5.41 Å². The van der Waals surface area contributed by atoms with E-state index in [1.165, 1.54) is 70.2 Å². The van der Waals surface area contributed by atoms with Crippen molar-refractivity contribution in [2.45, 2.75) is 19.3 Å². The van der Waals surface area contributed by atoms with Crippen LogP contribution >= 0.6 is 0 Å². The molecule has 0 radical (unpaired) electrons. The van der Waals surface area contributed by atoms with Gasteiger partial charge in [-0.2, -0.15) is 0 Å². The topological polar surface area (TPSA) is 30.7 Å². The summed E-state index contributed by atoms with van der Waals surface area (Å²) < 4.78 is 2.43. The van der Waals surface area contributed by atoms with Crippen molar-refractivity contribution < 1.29 is 0 Å². The van der Waals surface area contributed by atoms with Crippen LogP contribution in [0.25, 0.3) is 104 Å². The van der Waals surface area contributed by atoms with Crippen LogP contribution in [-0.2, 0) is 5.41 Å². The first kappa shape index (κ1) is 29.7. The number of rotatable bonds is 2. The molecule has 252 valence electrons. The second kappa shape index (κ2) is 10.6. The lowest BCUT2D eigenvalue weighted by molar-refractivity contribution is 0.635. The molecule has 11 aromatic rings. The largest absolute Gasteiger partial charge is 0.291 e. The summed E-state index contributed by atoms with van der Waals surface area (Å²) >= 11 is 0. The highest BCUT2D eigenvalue weighted by atomic mass is 15.1. The number of fused-ring (bicyclic) bond motifs is 16. The number of nitrogens with zero attached hydrogens (tertiary/aromatic N) is 3. The third-order valence-electron chi connectivity index (χ3n) is 12.1. The van der Waals surface area contributed by atoms with Crippen molar-refractivity contribution in [2.24, 2.45) is 0 Å². The van der Waals surface area contributed by atoms with E-state index < -0.39 is 0 Å². The average Bonchev–Trinajstić information content (AvgIpc) is 3.68. The lowest BCUT2D eigenvalue weighted by atomic mass is 9.85. The third-order valence-corrected chi connectivity index (χ3v) is 12.1. The Balaban J connectivity index is 1.32. The fourth-order valence-corrected chi connectivity index (χ4v) is 9.58. The number of hydrogen-bond acceptors (Lipinski definition) is 2. The standard InChI is InChI=1S/C51H33N3/c1-51(2)42-22-12-11-21-40(42)47-49(51)52-46(33-24-23-30-13-3-4-15-32(30)29-33)50(53-47)54-43-28-27-39-37-19-8-7-17-35(37)36-18-9-10-20-38(36)44(39)45(43)41-26-25-31-14-5-6-16-34(31)48(41)54/h3-29H,1-2H3. The Hall–Kier alpha value is -6.84. The molecule has 12 rings (SSSR count). The van der Waals surface area contributed by atoms with Gasteiger partial charge in [-0.25, -0.2) is 9.97 Å². The maximum Gasteiger partial charge on any atom is 0.165 e. The van der Waals surface area contributed by atoms with Crippen molar-refractivity contribution in [3.05, 3.63) is 175 Å². The molecule has 3 nitrogen and oxygen atoms in total. The Kier molecular flexibility index (Phi) is 5.84. The van der Waals surface area contributed by atoms with Gasteiger partial charge in [0.15, 0.2) is 5.82 Å². The summed E-state index contributed by atoms with van der Waals surface area (Å²) in [5.41, 5.74) is 8.31. The van der Waals surface area contributed by atoms with Crippen LogP contribution in [0.4, 0.5) is 0 Å². The van der Waals surface area contributed by atoms with Crippen molar-refractivity contribution in [3.63, 3.8) is 0 Å². The van der Waals surface area contributed by atoms with Crippen molar-refractivity contribution >= 4 is 75.7 Å². The summed E-state index contributed by atoms with van der Waals surface area (Å²) in [4.78, 5) is 11.5. The minimum absolute atomic E-state index is 0.299. The molecule has 0 amide bonds. The van der Waals surface area contributed by atoms with E-state index in [2.05, 4.69) is 182 Å². The highest BCUT2D eigenvalue weighted by Crippen LogP contribution is 2.50. The fraction of sp³-hybridized carbons (Fsp3) is 0.0588. The SMILES string of the molecule is CC1(C)c2ccccc2-c2nc(-n3c4ccc5c6ccccc6c6ccccc6c5c4c4ccc5ccccc5c43)c(-c3ccc4ccccc4c3)nc21. The zero-order chi connectivity index (χ0) is 35.7. The molecule has 0 saturated heterocycles.